The number of fused-ring (bicyclic) bond motifs is 1. The number of non-ortho nitro benzene ring substituents is 1. The van der Waals surface area contributed by atoms with Crippen molar-refractivity contribution in [3.63, 3.8) is 0 Å². The fourth-order valence-corrected chi connectivity index (χ4v) is 3.55. The van der Waals surface area contributed by atoms with E-state index >= 15 is 0 Å². The van der Waals surface area contributed by atoms with Gasteiger partial charge in [-0.1, -0.05) is 42.5 Å². The van der Waals surface area contributed by atoms with E-state index in [4.69, 9.17) is 4.74 Å². The van der Waals surface area contributed by atoms with Gasteiger partial charge in [-0.25, -0.2) is 4.79 Å². The second-order valence-corrected chi connectivity index (χ2v) is 6.69. The fraction of sp³-hybridized carbons (Fsp3) is 0.190. The summed E-state index contributed by atoms with van der Waals surface area (Å²) >= 11 is 0. The third-order valence-corrected chi connectivity index (χ3v) is 4.92. The van der Waals surface area contributed by atoms with Crippen molar-refractivity contribution in [3.8, 4) is 0 Å². The van der Waals surface area contributed by atoms with Crippen molar-refractivity contribution in [3.05, 3.63) is 76.3 Å². The summed E-state index contributed by atoms with van der Waals surface area (Å²) in [6, 6.07) is 18.9. The molecule has 1 heterocycles. The standard InChI is InChI=1S/C21H19N3O4/c1-22(14-16-7-4-6-15-5-2-3-8-18(15)16)19-10-9-17(24(26)27)13-20(19)23-11-12-28-21(23)25/h2-10,13H,11-12,14H2,1H3. The van der Waals surface area contributed by atoms with Gasteiger partial charge in [0.1, 0.15) is 6.61 Å². The van der Waals surface area contributed by atoms with Crippen molar-refractivity contribution >= 4 is 33.9 Å². The topological polar surface area (TPSA) is 75.9 Å². The fourth-order valence-electron chi connectivity index (χ4n) is 3.55. The van der Waals surface area contributed by atoms with Crippen LogP contribution < -0.4 is 9.80 Å². The number of anilines is 2. The number of nitro benzene ring substituents is 1. The second kappa shape index (κ2) is 7.19. The number of amides is 1. The lowest BCUT2D eigenvalue weighted by Crippen LogP contribution is -2.27. The van der Waals surface area contributed by atoms with E-state index in [-0.39, 0.29) is 12.3 Å². The zero-order valence-electron chi connectivity index (χ0n) is 15.4. The maximum absolute atomic E-state index is 12.1. The van der Waals surface area contributed by atoms with Gasteiger partial charge in [0.15, 0.2) is 0 Å². The predicted molar refractivity (Wildman–Crippen MR) is 108 cm³/mol. The molecular weight excluding hydrogens is 358 g/mol. The molecule has 7 heteroatoms. The number of hydrogen-bond donors (Lipinski definition) is 0. The van der Waals surface area contributed by atoms with Crippen LogP contribution in [-0.4, -0.2) is 31.2 Å². The first-order valence-corrected chi connectivity index (χ1v) is 8.95. The van der Waals surface area contributed by atoms with E-state index in [1.54, 1.807) is 6.07 Å². The molecule has 0 radical (unpaired) electrons. The smallest absolute Gasteiger partial charge is 0.414 e. The zero-order valence-corrected chi connectivity index (χ0v) is 15.4. The molecule has 0 N–H and O–H groups in total. The van der Waals surface area contributed by atoms with Gasteiger partial charge in [0.05, 0.1) is 22.8 Å². The van der Waals surface area contributed by atoms with Crippen LogP contribution in [0.15, 0.2) is 60.7 Å². The summed E-state index contributed by atoms with van der Waals surface area (Å²) in [5, 5.41) is 13.5. The lowest BCUT2D eigenvalue weighted by Gasteiger charge is -2.26. The van der Waals surface area contributed by atoms with Gasteiger partial charge in [0.25, 0.3) is 5.69 Å². The van der Waals surface area contributed by atoms with E-state index in [1.807, 2.05) is 30.1 Å². The molecule has 3 aromatic carbocycles. The first-order chi connectivity index (χ1) is 13.5. The van der Waals surface area contributed by atoms with Crippen molar-refractivity contribution in [1.29, 1.82) is 0 Å². The number of nitro groups is 1. The molecule has 0 spiro atoms. The molecule has 1 amide bonds. The molecule has 142 valence electrons. The Morgan fingerprint density at radius 3 is 2.68 bits per heavy atom. The Bertz CT molecular complexity index is 1060. The molecule has 1 aliphatic heterocycles. The molecule has 0 bridgehead atoms. The van der Waals surface area contributed by atoms with Crippen molar-refractivity contribution in [2.45, 2.75) is 6.54 Å². The lowest BCUT2D eigenvalue weighted by atomic mass is 10.0. The van der Waals surface area contributed by atoms with Crippen LogP contribution in [0, 0.1) is 10.1 Å². The molecule has 1 aliphatic rings. The Labute approximate surface area is 161 Å². The van der Waals surface area contributed by atoms with Gasteiger partial charge in [-0.15, -0.1) is 0 Å². The minimum atomic E-state index is -0.486. The average Bonchev–Trinajstić information content (AvgIpc) is 3.13. The number of cyclic esters (lactones) is 1. The van der Waals surface area contributed by atoms with Crippen molar-refractivity contribution in [2.24, 2.45) is 0 Å². The van der Waals surface area contributed by atoms with Gasteiger partial charge >= 0.3 is 6.09 Å². The summed E-state index contributed by atoms with van der Waals surface area (Å²) in [6.45, 7) is 1.23. The monoisotopic (exact) mass is 377 g/mol. The van der Waals surface area contributed by atoms with E-state index in [1.165, 1.54) is 17.0 Å². The second-order valence-electron chi connectivity index (χ2n) is 6.69. The van der Waals surface area contributed by atoms with Crippen LogP contribution in [0.4, 0.5) is 21.9 Å². The SMILES string of the molecule is CN(Cc1cccc2ccccc12)c1ccc([N+](=O)[O-])cc1N1CCOC1=O. The summed E-state index contributed by atoms with van der Waals surface area (Å²) in [7, 11) is 1.91. The summed E-state index contributed by atoms with van der Waals surface area (Å²) in [5.74, 6) is 0. The van der Waals surface area contributed by atoms with E-state index in [9.17, 15) is 14.9 Å². The highest BCUT2D eigenvalue weighted by atomic mass is 16.6. The molecule has 0 aliphatic carbocycles. The summed E-state index contributed by atoms with van der Waals surface area (Å²) in [5.41, 5.74) is 2.29. The van der Waals surface area contributed by atoms with Gasteiger partial charge < -0.3 is 9.64 Å². The molecule has 0 unspecified atom stereocenters. The van der Waals surface area contributed by atoms with E-state index in [2.05, 4.69) is 24.3 Å². The van der Waals surface area contributed by atoms with Crippen molar-refractivity contribution < 1.29 is 14.5 Å². The molecular formula is C21H19N3O4. The Morgan fingerprint density at radius 2 is 1.93 bits per heavy atom. The number of carbonyl (C=O) groups excluding carboxylic acids is 1. The van der Waals surface area contributed by atoms with Gasteiger partial charge in [-0.3, -0.25) is 15.0 Å². The van der Waals surface area contributed by atoms with E-state index < -0.39 is 11.0 Å². The minimum Gasteiger partial charge on any atom is -0.447 e. The van der Waals surface area contributed by atoms with Crippen LogP contribution in [0.3, 0.4) is 0 Å². The molecule has 3 aromatic rings. The largest absolute Gasteiger partial charge is 0.447 e. The first-order valence-electron chi connectivity index (χ1n) is 8.95. The van der Waals surface area contributed by atoms with Crippen LogP contribution in [0.25, 0.3) is 10.8 Å². The van der Waals surface area contributed by atoms with Gasteiger partial charge in [0, 0.05) is 25.7 Å². The molecule has 0 aromatic heterocycles. The Balaban J connectivity index is 1.73. The molecule has 7 nitrogen and oxygen atoms in total. The average molecular weight is 377 g/mol. The van der Waals surface area contributed by atoms with Crippen LogP contribution in [0.2, 0.25) is 0 Å². The zero-order chi connectivity index (χ0) is 19.7. The van der Waals surface area contributed by atoms with E-state index in [0.717, 1.165) is 22.0 Å². The third kappa shape index (κ3) is 3.22. The minimum absolute atomic E-state index is 0.0583. The molecule has 1 saturated heterocycles. The quantitative estimate of drug-likeness (QED) is 0.488. The summed E-state index contributed by atoms with van der Waals surface area (Å²) in [6.07, 6.45) is -0.486. The molecule has 1 fully saturated rings. The number of benzene rings is 3. The number of carbonyl (C=O) groups is 1. The van der Waals surface area contributed by atoms with E-state index in [0.29, 0.717) is 18.8 Å². The lowest BCUT2D eigenvalue weighted by molar-refractivity contribution is -0.384. The maximum atomic E-state index is 12.1. The van der Waals surface area contributed by atoms with Gasteiger partial charge in [-0.05, 0) is 22.4 Å². The van der Waals surface area contributed by atoms with Crippen LogP contribution in [0.1, 0.15) is 5.56 Å². The Kier molecular flexibility index (Phi) is 4.57. The number of rotatable bonds is 5. The Hall–Kier alpha value is -3.61. The number of ether oxygens (including phenoxy) is 1. The first kappa shape index (κ1) is 17.8. The number of nitrogens with zero attached hydrogens (tertiary/aromatic N) is 3. The predicted octanol–water partition coefficient (Wildman–Crippen LogP) is 4.34. The Morgan fingerprint density at radius 1 is 1.14 bits per heavy atom. The van der Waals surface area contributed by atoms with Gasteiger partial charge in [0.2, 0.25) is 0 Å². The third-order valence-electron chi connectivity index (χ3n) is 4.92. The van der Waals surface area contributed by atoms with Crippen molar-refractivity contribution in [2.75, 3.05) is 30.0 Å². The highest BCUT2D eigenvalue weighted by molar-refractivity contribution is 5.94. The van der Waals surface area contributed by atoms with Gasteiger partial charge in [-0.2, -0.15) is 0 Å². The highest BCUT2D eigenvalue weighted by Crippen LogP contribution is 2.35. The molecule has 28 heavy (non-hydrogen) atoms. The summed E-state index contributed by atoms with van der Waals surface area (Å²) in [4.78, 5) is 26.3. The molecule has 0 atom stereocenters. The normalized spacial score (nSPS) is 13.6. The van der Waals surface area contributed by atoms with Crippen LogP contribution in [0.5, 0.6) is 0 Å². The molecule has 4 rings (SSSR count). The van der Waals surface area contributed by atoms with Crippen molar-refractivity contribution in [1.82, 2.24) is 0 Å². The molecule has 0 saturated carbocycles. The maximum Gasteiger partial charge on any atom is 0.414 e. The van der Waals surface area contributed by atoms with Crippen LogP contribution in [-0.2, 0) is 11.3 Å². The number of hydrogen-bond acceptors (Lipinski definition) is 5. The highest BCUT2D eigenvalue weighted by Gasteiger charge is 2.28. The van der Waals surface area contributed by atoms with Crippen LogP contribution >= 0.6 is 0 Å². The summed E-state index contributed by atoms with van der Waals surface area (Å²) < 4.78 is 5.03.